The topological polar surface area (TPSA) is 82.5 Å². The lowest BCUT2D eigenvalue weighted by Crippen LogP contribution is -2.26. The Morgan fingerprint density at radius 1 is 1.17 bits per heavy atom. The lowest BCUT2D eigenvalue weighted by atomic mass is 10.3. The van der Waals surface area contributed by atoms with Crippen LogP contribution in [0.15, 0.2) is 18.5 Å². The molecule has 2 aromatic heterocycles. The summed E-state index contributed by atoms with van der Waals surface area (Å²) in [5.74, 6) is 1.12. The Labute approximate surface area is 138 Å². The number of nitrogens with zero attached hydrogens (tertiary/aromatic N) is 5. The molecular weight excluding hydrogens is 322 g/mol. The standard InChI is InChI=1S/C14H16ClN5O3/c1-21-13-17-12(18-14(19-13)22-2)20-6-4-9(8-20)23-11-3-5-16-7-10(11)15/h3,5,7,9H,4,6,8H2,1-2H3. The molecule has 0 radical (unpaired) electrons. The maximum Gasteiger partial charge on any atom is 0.324 e. The Kier molecular flexibility index (Phi) is 4.61. The molecule has 1 fully saturated rings. The summed E-state index contributed by atoms with van der Waals surface area (Å²) in [6, 6.07) is 2.18. The van der Waals surface area contributed by atoms with Gasteiger partial charge in [-0.1, -0.05) is 11.6 Å². The molecule has 122 valence electrons. The van der Waals surface area contributed by atoms with Gasteiger partial charge in [0.1, 0.15) is 16.9 Å². The van der Waals surface area contributed by atoms with Crippen LogP contribution in [0.25, 0.3) is 0 Å². The van der Waals surface area contributed by atoms with E-state index < -0.39 is 0 Å². The first-order chi connectivity index (χ1) is 11.2. The van der Waals surface area contributed by atoms with Gasteiger partial charge < -0.3 is 19.1 Å². The first-order valence-electron chi connectivity index (χ1n) is 7.04. The largest absolute Gasteiger partial charge is 0.487 e. The third-order valence-corrected chi connectivity index (χ3v) is 3.69. The van der Waals surface area contributed by atoms with Gasteiger partial charge in [-0.15, -0.1) is 4.98 Å². The molecule has 0 spiro atoms. The molecule has 1 unspecified atom stereocenters. The van der Waals surface area contributed by atoms with Gasteiger partial charge in [-0.3, -0.25) is 4.98 Å². The van der Waals surface area contributed by atoms with Crippen LogP contribution in [-0.4, -0.2) is 53.3 Å². The van der Waals surface area contributed by atoms with Gasteiger partial charge in [0.25, 0.3) is 0 Å². The van der Waals surface area contributed by atoms with Crippen LogP contribution in [0.5, 0.6) is 17.8 Å². The second-order valence-electron chi connectivity index (χ2n) is 4.89. The van der Waals surface area contributed by atoms with E-state index in [4.69, 9.17) is 25.8 Å². The highest BCUT2D eigenvalue weighted by molar-refractivity contribution is 6.31. The highest BCUT2D eigenvalue weighted by atomic mass is 35.5. The molecular formula is C14H16ClN5O3. The van der Waals surface area contributed by atoms with Crippen LogP contribution in [-0.2, 0) is 0 Å². The van der Waals surface area contributed by atoms with Crippen molar-refractivity contribution in [2.24, 2.45) is 0 Å². The van der Waals surface area contributed by atoms with Gasteiger partial charge in [0, 0.05) is 31.4 Å². The summed E-state index contributed by atoms with van der Waals surface area (Å²) in [7, 11) is 3.00. The number of pyridine rings is 1. The van der Waals surface area contributed by atoms with Crippen LogP contribution in [0, 0.1) is 0 Å². The highest BCUT2D eigenvalue weighted by Gasteiger charge is 2.27. The Morgan fingerprint density at radius 2 is 1.91 bits per heavy atom. The van der Waals surface area contributed by atoms with Crippen LogP contribution < -0.4 is 19.1 Å². The summed E-state index contributed by atoms with van der Waals surface area (Å²) in [6.07, 6.45) is 4.03. The monoisotopic (exact) mass is 337 g/mol. The third-order valence-electron chi connectivity index (χ3n) is 3.40. The minimum Gasteiger partial charge on any atom is -0.487 e. The molecule has 9 heteroatoms. The molecule has 3 rings (SSSR count). The molecule has 1 saturated heterocycles. The first kappa shape index (κ1) is 15.5. The summed E-state index contributed by atoms with van der Waals surface area (Å²) in [4.78, 5) is 18.4. The zero-order valence-corrected chi connectivity index (χ0v) is 13.5. The summed E-state index contributed by atoms with van der Waals surface area (Å²) in [5, 5.41) is 0.495. The van der Waals surface area contributed by atoms with Crippen molar-refractivity contribution < 1.29 is 14.2 Å². The molecule has 2 aromatic rings. The van der Waals surface area contributed by atoms with Crippen molar-refractivity contribution in [2.75, 3.05) is 32.2 Å². The number of hydrogen-bond acceptors (Lipinski definition) is 8. The van der Waals surface area contributed by atoms with E-state index in [1.165, 1.54) is 14.2 Å². The summed E-state index contributed by atoms with van der Waals surface area (Å²) in [5.41, 5.74) is 0. The average molecular weight is 338 g/mol. The summed E-state index contributed by atoms with van der Waals surface area (Å²) < 4.78 is 16.1. The summed E-state index contributed by atoms with van der Waals surface area (Å²) in [6.45, 7) is 1.39. The van der Waals surface area contributed by atoms with Gasteiger partial charge in [0.15, 0.2) is 0 Å². The molecule has 0 bridgehead atoms. The average Bonchev–Trinajstić information content (AvgIpc) is 3.05. The smallest absolute Gasteiger partial charge is 0.324 e. The van der Waals surface area contributed by atoms with Gasteiger partial charge in [-0.25, -0.2) is 0 Å². The minimum absolute atomic E-state index is 0.0105. The molecule has 0 saturated carbocycles. The predicted molar refractivity (Wildman–Crippen MR) is 83.4 cm³/mol. The Bertz CT molecular complexity index is 665. The van der Waals surface area contributed by atoms with Gasteiger partial charge in [-0.05, 0) is 0 Å². The molecule has 0 amide bonds. The van der Waals surface area contributed by atoms with E-state index >= 15 is 0 Å². The van der Waals surface area contributed by atoms with Gasteiger partial charge in [0.2, 0.25) is 5.95 Å². The van der Waals surface area contributed by atoms with Gasteiger partial charge >= 0.3 is 12.0 Å². The lowest BCUT2D eigenvalue weighted by molar-refractivity contribution is 0.224. The second kappa shape index (κ2) is 6.82. The molecule has 1 atom stereocenters. The van der Waals surface area contributed by atoms with E-state index in [0.717, 1.165) is 13.0 Å². The molecule has 3 heterocycles. The number of hydrogen-bond donors (Lipinski definition) is 0. The normalized spacial score (nSPS) is 17.2. The molecule has 0 aromatic carbocycles. The summed E-state index contributed by atoms with van der Waals surface area (Å²) >= 11 is 6.07. The Balaban J connectivity index is 1.71. The zero-order chi connectivity index (χ0) is 16.2. The highest BCUT2D eigenvalue weighted by Crippen LogP contribution is 2.27. The van der Waals surface area contributed by atoms with Crippen LogP contribution in [0.1, 0.15) is 6.42 Å². The van der Waals surface area contributed by atoms with Crippen LogP contribution in [0.4, 0.5) is 5.95 Å². The molecule has 8 nitrogen and oxygen atoms in total. The van der Waals surface area contributed by atoms with Crippen LogP contribution in [0.2, 0.25) is 5.02 Å². The number of methoxy groups -OCH3 is 2. The van der Waals surface area contributed by atoms with Crippen molar-refractivity contribution in [3.63, 3.8) is 0 Å². The zero-order valence-electron chi connectivity index (χ0n) is 12.8. The first-order valence-corrected chi connectivity index (χ1v) is 7.42. The van der Waals surface area contributed by atoms with Crippen molar-refractivity contribution in [1.29, 1.82) is 0 Å². The van der Waals surface area contributed by atoms with E-state index in [0.29, 0.717) is 23.3 Å². The number of ether oxygens (including phenoxy) is 3. The fourth-order valence-electron chi connectivity index (χ4n) is 2.30. The molecule has 1 aliphatic rings. The van der Waals surface area contributed by atoms with Crippen molar-refractivity contribution in [3.8, 4) is 17.8 Å². The molecule has 0 aliphatic carbocycles. The van der Waals surface area contributed by atoms with E-state index in [1.54, 1.807) is 18.5 Å². The van der Waals surface area contributed by atoms with Crippen molar-refractivity contribution in [3.05, 3.63) is 23.5 Å². The molecule has 1 aliphatic heterocycles. The van der Waals surface area contributed by atoms with Crippen molar-refractivity contribution >= 4 is 17.5 Å². The lowest BCUT2D eigenvalue weighted by Gasteiger charge is -2.18. The number of anilines is 1. The maximum absolute atomic E-state index is 6.07. The van der Waals surface area contributed by atoms with E-state index in [1.807, 2.05) is 4.90 Å². The van der Waals surface area contributed by atoms with E-state index in [2.05, 4.69) is 19.9 Å². The second-order valence-corrected chi connectivity index (χ2v) is 5.30. The van der Waals surface area contributed by atoms with Crippen LogP contribution in [0.3, 0.4) is 0 Å². The van der Waals surface area contributed by atoms with E-state index in [9.17, 15) is 0 Å². The minimum atomic E-state index is -0.0105. The van der Waals surface area contributed by atoms with Gasteiger partial charge in [-0.2, -0.15) is 9.97 Å². The Hall–Kier alpha value is -2.35. The maximum atomic E-state index is 6.07. The quantitative estimate of drug-likeness (QED) is 0.813. The number of halogens is 1. The molecule has 23 heavy (non-hydrogen) atoms. The fraction of sp³-hybridized carbons (Fsp3) is 0.429. The van der Waals surface area contributed by atoms with Gasteiger partial charge in [0.05, 0.1) is 20.8 Å². The van der Waals surface area contributed by atoms with Crippen molar-refractivity contribution in [2.45, 2.75) is 12.5 Å². The van der Waals surface area contributed by atoms with Crippen molar-refractivity contribution in [1.82, 2.24) is 19.9 Å². The Morgan fingerprint density at radius 3 is 2.57 bits per heavy atom. The van der Waals surface area contributed by atoms with E-state index in [-0.39, 0.29) is 18.1 Å². The number of aromatic nitrogens is 4. The third kappa shape index (κ3) is 3.53. The SMILES string of the molecule is COc1nc(OC)nc(N2CCC(Oc3ccncc3Cl)C2)n1. The van der Waals surface area contributed by atoms with Crippen LogP contribution >= 0.6 is 11.6 Å². The fourth-order valence-corrected chi connectivity index (χ4v) is 2.46. The predicted octanol–water partition coefficient (Wildman–Crippen LogP) is 1.59. The number of rotatable bonds is 5. The molecule has 0 N–H and O–H groups in total.